The van der Waals surface area contributed by atoms with E-state index in [1.807, 2.05) is 12.1 Å². The second kappa shape index (κ2) is 6.90. The van der Waals surface area contributed by atoms with Crippen LogP contribution in [0.3, 0.4) is 0 Å². The van der Waals surface area contributed by atoms with Gasteiger partial charge in [0.1, 0.15) is 0 Å². The maximum Gasteiger partial charge on any atom is 0.0702 e. The molecule has 1 aromatic rings. The number of benzene rings is 1. The molecule has 0 radical (unpaired) electrons. The number of hydrogen-bond donors (Lipinski definition) is 1. The van der Waals surface area contributed by atoms with Crippen LogP contribution in [0.1, 0.15) is 25.3 Å². The van der Waals surface area contributed by atoms with Crippen molar-refractivity contribution in [3.05, 3.63) is 34.9 Å². The van der Waals surface area contributed by atoms with E-state index in [0.717, 1.165) is 31.0 Å². The normalized spacial score (nSPS) is 22.1. The molecule has 1 fully saturated rings. The lowest BCUT2D eigenvalue weighted by molar-refractivity contribution is 0.0433. The van der Waals surface area contributed by atoms with E-state index in [4.69, 9.17) is 22.1 Å². The van der Waals surface area contributed by atoms with E-state index >= 15 is 0 Å². The Morgan fingerprint density at radius 1 is 1.40 bits per heavy atom. The fourth-order valence-electron chi connectivity index (χ4n) is 2.72. The highest BCUT2D eigenvalue weighted by atomic mass is 35.5. The number of ether oxygens (including phenoxy) is 1. The predicted octanol–water partition coefficient (Wildman–Crippen LogP) is 2.71. The first-order valence-corrected chi connectivity index (χ1v) is 7.69. The number of nitrogens with zero attached hydrogens (tertiary/aromatic N) is 1. The quantitative estimate of drug-likeness (QED) is 0.877. The lowest BCUT2D eigenvalue weighted by atomic mass is 9.91. The summed E-state index contributed by atoms with van der Waals surface area (Å²) >= 11 is 5.94. The minimum atomic E-state index is -0.0558. The molecule has 2 N–H and O–H groups in total. The summed E-state index contributed by atoms with van der Waals surface area (Å²) in [5, 5.41) is 0.774. The minimum absolute atomic E-state index is 0.0558. The summed E-state index contributed by atoms with van der Waals surface area (Å²) in [6.45, 7) is 4.69. The Labute approximate surface area is 127 Å². The molecule has 0 aromatic heterocycles. The van der Waals surface area contributed by atoms with Crippen LogP contribution in [0.4, 0.5) is 0 Å². The monoisotopic (exact) mass is 296 g/mol. The Hall–Kier alpha value is -0.610. The SMILES string of the molecule is CN(CC1CCCO1)C(C)(CN)Cc1ccc(Cl)cc1. The van der Waals surface area contributed by atoms with E-state index in [0.29, 0.717) is 12.6 Å². The fraction of sp³-hybridized carbons (Fsp3) is 0.625. The second-order valence-electron chi connectivity index (χ2n) is 6.02. The molecule has 1 aromatic carbocycles. The molecule has 112 valence electrons. The molecule has 0 bridgehead atoms. The standard InChI is InChI=1S/C16H25ClN2O/c1-16(12-18,10-13-5-7-14(17)8-6-13)19(2)11-15-4-3-9-20-15/h5-8,15H,3-4,9-12,18H2,1-2H3. The molecule has 1 heterocycles. The topological polar surface area (TPSA) is 38.5 Å². The maximum atomic E-state index is 6.05. The Bertz CT molecular complexity index is 417. The third-order valence-electron chi connectivity index (χ3n) is 4.36. The highest BCUT2D eigenvalue weighted by Gasteiger charge is 2.30. The van der Waals surface area contributed by atoms with E-state index in [1.54, 1.807) is 0 Å². The third-order valence-corrected chi connectivity index (χ3v) is 4.61. The fourth-order valence-corrected chi connectivity index (χ4v) is 2.85. The van der Waals surface area contributed by atoms with Gasteiger partial charge in [-0.1, -0.05) is 23.7 Å². The molecule has 2 unspecified atom stereocenters. The molecule has 3 nitrogen and oxygen atoms in total. The van der Waals surface area contributed by atoms with Gasteiger partial charge in [0.05, 0.1) is 6.10 Å². The molecule has 0 aliphatic carbocycles. The maximum absolute atomic E-state index is 6.05. The first kappa shape index (κ1) is 15.8. The van der Waals surface area contributed by atoms with E-state index in [9.17, 15) is 0 Å². The minimum Gasteiger partial charge on any atom is -0.377 e. The Kier molecular flexibility index (Phi) is 5.44. The van der Waals surface area contributed by atoms with Crippen LogP contribution in [0.5, 0.6) is 0 Å². The van der Waals surface area contributed by atoms with Crippen LogP contribution >= 0.6 is 11.6 Å². The number of likely N-dealkylation sites (N-methyl/N-ethyl adjacent to an activating group) is 1. The smallest absolute Gasteiger partial charge is 0.0702 e. The summed E-state index contributed by atoms with van der Waals surface area (Å²) in [6.07, 6.45) is 3.61. The largest absolute Gasteiger partial charge is 0.377 e. The third kappa shape index (κ3) is 3.95. The Balaban J connectivity index is 2.00. The van der Waals surface area contributed by atoms with Crippen LogP contribution in [0.25, 0.3) is 0 Å². The summed E-state index contributed by atoms with van der Waals surface area (Å²) in [4.78, 5) is 2.34. The predicted molar refractivity (Wildman–Crippen MR) is 84.2 cm³/mol. The molecule has 2 rings (SSSR count). The average Bonchev–Trinajstić information content (AvgIpc) is 2.94. The van der Waals surface area contributed by atoms with Gasteiger partial charge in [0.2, 0.25) is 0 Å². The Morgan fingerprint density at radius 2 is 2.10 bits per heavy atom. The van der Waals surface area contributed by atoms with Crippen molar-refractivity contribution >= 4 is 11.6 Å². The Morgan fingerprint density at radius 3 is 2.65 bits per heavy atom. The molecule has 1 saturated heterocycles. The van der Waals surface area contributed by atoms with Crippen LogP contribution in [0, 0.1) is 0 Å². The van der Waals surface area contributed by atoms with Crippen molar-refractivity contribution in [1.82, 2.24) is 4.90 Å². The van der Waals surface area contributed by atoms with Gasteiger partial charge in [-0.05, 0) is 50.9 Å². The average molecular weight is 297 g/mol. The molecule has 1 aliphatic heterocycles. The van der Waals surface area contributed by atoms with Crippen molar-refractivity contribution in [3.8, 4) is 0 Å². The van der Waals surface area contributed by atoms with Gasteiger partial charge in [-0.25, -0.2) is 0 Å². The van der Waals surface area contributed by atoms with E-state index in [2.05, 4.69) is 31.0 Å². The van der Waals surface area contributed by atoms with Crippen molar-refractivity contribution in [2.45, 2.75) is 37.8 Å². The van der Waals surface area contributed by atoms with Crippen LogP contribution in [-0.2, 0) is 11.2 Å². The first-order chi connectivity index (χ1) is 9.53. The van der Waals surface area contributed by atoms with Crippen molar-refractivity contribution in [2.75, 3.05) is 26.7 Å². The van der Waals surface area contributed by atoms with Gasteiger partial charge >= 0.3 is 0 Å². The van der Waals surface area contributed by atoms with Crippen LogP contribution in [0.2, 0.25) is 5.02 Å². The number of rotatable bonds is 6. The summed E-state index contributed by atoms with van der Waals surface area (Å²) in [7, 11) is 2.14. The molecule has 0 saturated carbocycles. The van der Waals surface area contributed by atoms with Gasteiger partial charge < -0.3 is 10.5 Å². The summed E-state index contributed by atoms with van der Waals surface area (Å²) in [5.41, 5.74) is 7.26. The first-order valence-electron chi connectivity index (χ1n) is 7.31. The van der Waals surface area contributed by atoms with Crippen molar-refractivity contribution < 1.29 is 4.74 Å². The molecule has 2 atom stereocenters. The zero-order valence-electron chi connectivity index (χ0n) is 12.4. The molecule has 4 heteroatoms. The van der Waals surface area contributed by atoms with Gasteiger partial charge in [-0.3, -0.25) is 4.90 Å². The second-order valence-corrected chi connectivity index (χ2v) is 6.46. The molecule has 0 amide bonds. The van der Waals surface area contributed by atoms with Crippen LogP contribution < -0.4 is 5.73 Å². The van der Waals surface area contributed by atoms with Gasteiger partial charge in [0, 0.05) is 30.3 Å². The molecule has 0 spiro atoms. The molecule has 20 heavy (non-hydrogen) atoms. The van der Waals surface area contributed by atoms with Gasteiger partial charge in [0.25, 0.3) is 0 Å². The highest BCUT2D eigenvalue weighted by molar-refractivity contribution is 6.30. The highest BCUT2D eigenvalue weighted by Crippen LogP contribution is 2.22. The van der Waals surface area contributed by atoms with Crippen LogP contribution in [0.15, 0.2) is 24.3 Å². The van der Waals surface area contributed by atoms with E-state index in [-0.39, 0.29) is 5.54 Å². The summed E-state index contributed by atoms with van der Waals surface area (Å²) in [6, 6.07) is 8.04. The van der Waals surface area contributed by atoms with Gasteiger partial charge in [-0.15, -0.1) is 0 Å². The van der Waals surface area contributed by atoms with Crippen LogP contribution in [-0.4, -0.2) is 43.3 Å². The summed E-state index contributed by atoms with van der Waals surface area (Å²) < 4.78 is 5.73. The lowest BCUT2D eigenvalue weighted by Gasteiger charge is -2.39. The molecular formula is C16H25ClN2O. The van der Waals surface area contributed by atoms with Gasteiger partial charge in [0.15, 0.2) is 0 Å². The molecule has 1 aliphatic rings. The van der Waals surface area contributed by atoms with Gasteiger partial charge in [-0.2, -0.15) is 0 Å². The number of nitrogens with two attached hydrogens (primary N) is 1. The van der Waals surface area contributed by atoms with Crippen molar-refractivity contribution in [1.29, 1.82) is 0 Å². The number of halogens is 1. The molecular weight excluding hydrogens is 272 g/mol. The summed E-state index contributed by atoms with van der Waals surface area (Å²) in [5.74, 6) is 0. The van der Waals surface area contributed by atoms with Crippen molar-refractivity contribution in [2.24, 2.45) is 5.73 Å². The zero-order chi connectivity index (χ0) is 14.6. The zero-order valence-corrected chi connectivity index (χ0v) is 13.2. The lowest BCUT2D eigenvalue weighted by Crippen LogP contribution is -2.53. The number of hydrogen-bond acceptors (Lipinski definition) is 3. The van der Waals surface area contributed by atoms with E-state index in [1.165, 1.54) is 12.0 Å². The van der Waals surface area contributed by atoms with Crippen molar-refractivity contribution in [3.63, 3.8) is 0 Å². The van der Waals surface area contributed by atoms with E-state index < -0.39 is 0 Å².